The molecule has 0 aromatic rings. The van der Waals surface area contributed by atoms with Gasteiger partial charge >= 0.3 is 5.97 Å². The summed E-state index contributed by atoms with van der Waals surface area (Å²) in [6, 6.07) is -0.978. The normalized spacial score (nSPS) is 21.1. The van der Waals surface area contributed by atoms with E-state index in [1.54, 1.807) is 0 Å². The van der Waals surface area contributed by atoms with Gasteiger partial charge in [0.1, 0.15) is 6.04 Å². The Kier molecular flexibility index (Phi) is 5.93. The molecule has 0 spiro atoms. The fourth-order valence-corrected chi connectivity index (χ4v) is 1.95. The lowest BCUT2D eigenvalue weighted by Gasteiger charge is -2.14. The van der Waals surface area contributed by atoms with Crippen molar-refractivity contribution in [3.05, 3.63) is 0 Å². The summed E-state index contributed by atoms with van der Waals surface area (Å²) < 4.78 is 0. The molecule has 1 saturated heterocycles. The van der Waals surface area contributed by atoms with E-state index in [2.05, 4.69) is 10.6 Å². The maximum absolute atomic E-state index is 11.5. The highest BCUT2D eigenvalue weighted by atomic mass is 16.4. The summed E-state index contributed by atoms with van der Waals surface area (Å²) in [5.74, 6) is -0.838. The van der Waals surface area contributed by atoms with Gasteiger partial charge in [-0.3, -0.25) is 4.79 Å². The Morgan fingerprint density at radius 1 is 1.47 bits per heavy atom. The van der Waals surface area contributed by atoms with Crippen LogP contribution in [0.3, 0.4) is 0 Å². The molecule has 0 saturated carbocycles. The van der Waals surface area contributed by atoms with Crippen molar-refractivity contribution < 1.29 is 19.8 Å². The van der Waals surface area contributed by atoms with Crippen molar-refractivity contribution in [1.29, 1.82) is 0 Å². The molecular weight excluding hydrogens is 224 g/mol. The predicted molar refractivity (Wildman–Crippen MR) is 61.5 cm³/mol. The van der Waals surface area contributed by atoms with Crippen LogP contribution in [0.15, 0.2) is 0 Å². The molecule has 2 atom stereocenters. The minimum atomic E-state index is -1.10. The van der Waals surface area contributed by atoms with Gasteiger partial charge in [0.25, 0.3) is 0 Å². The molecule has 98 valence electrons. The topological polar surface area (TPSA) is 98.7 Å². The highest BCUT2D eigenvalue weighted by Gasteiger charge is 2.20. The van der Waals surface area contributed by atoms with Gasteiger partial charge in [0.2, 0.25) is 5.91 Å². The first kappa shape index (κ1) is 13.9. The molecule has 0 aromatic carbocycles. The van der Waals surface area contributed by atoms with E-state index in [1.165, 1.54) is 0 Å². The number of carbonyl (C=O) groups excluding carboxylic acids is 1. The average Bonchev–Trinajstić information content (AvgIpc) is 2.78. The van der Waals surface area contributed by atoms with Gasteiger partial charge in [-0.25, -0.2) is 4.79 Å². The van der Waals surface area contributed by atoms with Crippen LogP contribution in [0.4, 0.5) is 0 Å². The van der Waals surface area contributed by atoms with E-state index in [1.807, 2.05) is 0 Å². The summed E-state index contributed by atoms with van der Waals surface area (Å²) in [6.07, 6.45) is 2.25. The third kappa shape index (κ3) is 5.14. The van der Waals surface area contributed by atoms with Gasteiger partial charge in [-0.2, -0.15) is 0 Å². The maximum atomic E-state index is 11.5. The third-order valence-corrected chi connectivity index (χ3v) is 2.99. The quantitative estimate of drug-likeness (QED) is 0.476. The van der Waals surface area contributed by atoms with Gasteiger partial charge in [0.05, 0.1) is 0 Å². The lowest BCUT2D eigenvalue weighted by Crippen LogP contribution is -2.41. The van der Waals surface area contributed by atoms with Gasteiger partial charge < -0.3 is 20.8 Å². The molecule has 0 aromatic heterocycles. The Balaban J connectivity index is 2.23. The molecule has 1 amide bonds. The summed E-state index contributed by atoms with van der Waals surface area (Å²) in [4.78, 5) is 22.3. The Bertz CT molecular complexity index is 264. The van der Waals surface area contributed by atoms with Crippen molar-refractivity contribution in [3.8, 4) is 0 Å². The van der Waals surface area contributed by atoms with Gasteiger partial charge in [-0.15, -0.1) is 0 Å². The zero-order chi connectivity index (χ0) is 12.7. The number of aliphatic carboxylic acids is 1. The van der Waals surface area contributed by atoms with E-state index in [0.29, 0.717) is 12.3 Å². The molecule has 4 N–H and O–H groups in total. The van der Waals surface area contributed by atoms with Crippen molar-refractivity contribution in [3.63, 3.8) is 0 Å². The number of nitrogens with one attached hydrogen (secondary N) is 2. The summed E-state index contributed by atoms with van der Waals surface area (Å²) >= 11 is 0. The van der Waals surface area contributed by atoms with Crippen LogP contribution in [0.5, 0.6) is 0 Å². The second-order valence-corrected chi connectivity index (χ2v) is 4.37. The Morgan fingerprint density at radius 3 is 2.76 bits per heavy atom. The number of carbonyl (C=O) groups is 2. The lowest BCUT2D eigenvalue weighted by molar-refractivity contribution is -0.142. The fourth-order valence-electron chi connectivity index (χ4n) is 1.95. The van der Waals surface area contributed by atoms with Crippen molar-refractivity contribution in [2.24, 2.45) is 5.92 Å². The molecule has 1 heterocycles. The molecule has 1 aliphatic heterocycles. The van der Waals surface area contributed by atoms with Crippen LogP contribution in [0.2, 0.25) is 0 Å². The molecule has 1 fully saturated rings. The van der Waals surface area contributed by atoms with E-state index in [-0.39, 0.29) is 18.9 Å². The minimum absolute atomic E-state index is 0.0477. The summed E-state index contributed by atoms with van der Waals surface area (Å²) in [5.41, 5.74) is 0. The molecule has 0 bridgehead atoms. The van der Waals surface area contributed by atoms with Gasteiger partial charge in [-0.1, -0.05) is 0 Å². The zero-order valence-corrected chi connectivity index (χ0v) is 9.82. The number of amides is 1. The van der Waals surface area contributed by atoms with Gasteiger partial charge in [0.15, 0.2) is 0 Å². The first-order chi connectivity index (χ1) is 8.13. The summed E-state index contributed by atoms with van der Waals surface area (Å²) in [5, 5.41) is 23.1. The first-order valence-corrected chi connectivity index (χ1v) is 5.97. The molecular formula is C11H20N2O4. The number of rotatable bonds is 7. The fraction of sp³-hybridized carbons (Fsp3) is 0.818. The first-order valence-electron chi connectivity index (χ1n) is 5.97. The van der Waals surface area contributed by atoms with Crippen LogP contribution in [-0.4, -0.2) is 47.8 Å². The highest BCUT2D eigenvalue weighted by molar-refractivity contribution is 5.83. The van der Waals surface area contributed by atoms with Crippen LogP contribution in [0.25, 0.3) is 0 Å². The molecule has 17 heavy (non-hydrogen) atoms. The highest BCUT2D eigenvalue weighted by Crippen LogP contribution is 2.14. The van der Waals surface area contributed by atoms with Crippen molar-refractivity contribution >= 4 is 11.9 Å². The Labute approximate surface area is 100 Å². The number of aliphatic hydroxyl groups is 1. The van der Waals surface area contributed by atoms with Crippen molar-refractivity contribution in [1.82, 2.24) is 10.6 Å². The largest absolute Gasteiger partial charge is 0.480 e. The summed E-state index contributed by atoms with van der Waals surface area (Å²) in [6.45, 7) is 1.69. The van der Waals surface area contributed by atoms with Gasteiger partial charge in [-0.05, 0) is 31.8 Å². The SMILES string of the molecule is O=C(CCC1CCNC1)N[C@H](CCO)C(=O)O. The second kappa shape index (κ2) is 7.24. The van der Waals surface area contributed by atoms with Gasteiger partial charge in [0, 0.05) is 19.4 Å². The number of carboxylic acids is 1. The maximum Gasteiger partial charge on any atom is 0.326 e. The summed E-state index contributed by atoms with van der Waals surface area (Å²) in [7, 11) is 0. The molecule has 0 aliphatic carbocycles. The zero-order valence-electron chi connectivity index (χ0n) is 9.82. The molecule has 1 aliphatic rings. The minimum Gasteiger partial charge on any atom is -0.480 e. The third-order valence-electron chi connectivity index (χ3n) is 2.99. The standard InChI is InChI=1S/C11H20N2O4/c14-6-4-9(11(16)17)13-10(15)2-1-8-3-5-12-7-8/h8-9,12,14H,1-7H2,(H,13,15)(H,16,17)/t8?,9-/m1/s1. The molecule has 1 rings (SSSR count). The number of aliphatic hydroxyl groups excluding tert-OH is 1. The molecule has 6 nitrogen and oxygen atoms in total. The van der Waals surface area contributed by atoms with Crippen LogP contribution >= 0.6 is 0 Å². The number of hydrogen-bond acceptors (Lipinski definition) is 4. The van der Waals surface area contributed by atoms with Crippen molar-refractivity contribution in [2.75, 3.05) is 19.7 Å². The van der Waals surface area contributed by atoms with Crippen LogP contribution in [-0.2, 0) is 9.59 Å². The smallest absolute Gasteiger partial charge is 0.326 e. The predicted octanol–water partition coefficient (Wildman–Crippen LogP) is -0.672. The van der Waals surface area contributed by atoms with Crippen LogP contribution < -0.4 is 10.6 Å². The lowest BCUT2D eigenvalue weighted by atomic mass is 10.0. The van der Waals surface area contributed by atoms with Crippen LogP contribution in [0.1, 0.15) is 25.7 Å². The average molecular weight is 244 g/mol. The van der Waals surface area contributed by atoms with E-state index < -0.39 is 12.0 Å². The molecule has 1 unspecified atom stereocenters. The van der Waals surface area contributed by atoms with Crippen LogP contribution in [0, 0.1) is 5.92 Å². The second-order valence-electron chi connectivity index (χ2n) is 4.37. The molecule has 0 radical (unpaired) electrons. The van der Waals surface area contributed by atoms with E-state index >= 15 is 0 Å². The number of carboxylic acid groups (broad SMARTS) is 1. The van der Waals surface area contributed by atoms with E-state index in [4.69, 9.17) is 10.2 Å². The Hall–Kier alpha value is -1.14. The van der Waals surface area contributed by atoms with Crippen molar-refractivity contribution in [2.45, 2.75) is 31.7 Å². The Morgan fingerprint density at radius 2 is 2.24 bits per heavy atom. The van der Waals surface area contributed by atoms with E-state index in [0.717, 1.165) is 25.9 Å². The van der Waals surface area contributed by atoms with E-state index in [9.17, 15) is 9.59 Å². The monoisotopic (exact) mass is 244 g/mol. The molecule has 6 heteroatoms. The number of hydrogen-bond donors (Lipinski definition) is 4.